The van der Waals surface area contributed by atoms with Gasteiger partial charge in [-0.05, 0) is 39.0 Å². The Hall–Kier alpha value is -0.570. The van der Waals surface area contributed by atoms with Gasteiger partial charge in [0, 0.05) is 6.04 Å². The van der Waals surface area contributed by atoms with E-state index in [0.29, 0.717) is 17.9 Å². The third-order valence-corrected chi connectivity index (χ3v) is 5.03. The lowest BCUT2D eigenvalue weighted by atomic mass is 9.93. The third kappa shape index (κ3) is 2.29. The van der Waals surface area contributed by atoms with Gasteiger partial charge in [-0.2, -0.15) is 0 Å². The van der Waals surface area contributed by atoms with Gasteiger partial charge in [-0.25, -0.2) is 0 Å². The van der Waals surface area contributed by atoms with Crippen molar-refractivity contribution in [3.63, 3.8) is 0 Å². The molecule has 104 valence electrons. The third-order valence-electron chi connectivity index (χ3n) is 5.03. The molecule has 0 bridgehead atoms. The molecular formula is C15H28N2O. The van der Waals surface area contributed by atoms with Crippen molar-refractivity contribution in [1.29, 1.82) is 0 Å². The van der Waals surface area contributed by atoms with Crippen LogP contribution >= 0.6 is 0 Å². The monoisotopic (exact) mass is 252 g/mol. The highest BCUT2D eigenvalue weighted by molar-refractivity contribution is 5.88. The first-order valence-electron chi connectivity index (χ1n) is 7.60. The number of rotatable bonds is 2. The minimum absolute atomic E-state index is 0.188. The van der Waals surface area contributed by atoms with E-state index in [0.717, 1.165) is 6.42 Å². The second kappa shape index (κ2) is 5.20. The lowest BCUT2D eigenvalue weighted by Gasteiger charge is -2.34. The van der Waals surface area contributed by atoms with Crippen molar-refractivity contribution in [1.82, 2.24) is 10.2 Å². The maximum atomic E-state index is 12.7. The second-order valence-corrected chi connectivity index (χ2v) is 6.40. The summed E-state index contributed by atoms with van der Waals surface area (Å²) in [5.41, 5.74) is -0.342. The van der Waals surface area contributed by atoms with Crippen LogP contribution < -0.4 is 5.32 Å². The number of hydrogen-bond acceptors (Lipinski definition) is 2. The van der Waals surface area contributed by atoms with E-state index in [4.69, 9.17) is 0 Å². The molecule has 0 aromatic carbocycles. The zero-order valence-electron chi connectivity index (χ0n) is 12.3. The van der Waals surface area contributed by atoms with Crippen LogP contribution in [0.2, 0.25) is 0 Å². The van der Waals surface area contributed by atoms with Crippen LogP contribution in [0.1, 0.15) is 66.2 Å². The van der Waals surface area contributed by atoms with Gasteiger partial charge >= 0.3 is 0 Å². The molecule has 1 saturated heterocycles. The molecule has 0 spiro atoms. The van der Waals surface area contributed by atoms with E-state index in [1.54, 1.807) is 0 Å². The van der Waals surface area contributed by atoms with E-state index in [2.05, 4.69) is 31.0 Å². The molecule has 1 saturated carbocycles. The first-order chi connectivity index (χ1) is 8.49. The Morgan fingerprint density at radius 3 is 2.56 bits per heavy atom. The normalized spacial score (nSPS) is 42.1. The number of nitrogens with one attached hydrogen (secondary N) is 1. The van der Waals surface area contributed by atoms with Crippen LogP contribution in [0.25, 0.3) is 0 Å². The molecule has 0 radical (unpaired) electrons. The lowest BCUT2D eigenvalue weighted by Crippen LogP contribution is -2.47. The predicted molar refractivity (Wildman–Crippen MR) is 74.2 cm³/mol. The maximum absolute atomic E-state index is 12.7. The average Bonchev–Trinajstić information content (AvgIpc) is 2.49. The number of carbonyl (C=O) groups excluding carboxylic acids is 1. The van der Waals surface area contributed by atoms with Crippen LogP contribution in [0.3, 0.4) is 0 Å². The molecule has 1 heterocycles. The van der Waals surface area contributed by atoms with Gasteiger partial charge in [-0.3, -0.25) is 10.1 Å². The van der Waals surface area contributed by atoms with Gasteiger partial charge < -0.3 is 4.90 Å². The SMILES string of the molecule is CCC1(C)NC(C)N(C2CCCCCC2C)C1=O. The van der Waals surface area contributed by atoms with E-state index in [1.165, 1.54) is 32.1 Å². The topological polar surface area (TPSA) is 32.3 Å². The molecule has 4 unspecified atom stereocenters. The fourth-order valence-corrected chi connectivity index (χ4v) is 3.63. The zero-order valence-corrected chi connectivity index (χ0v) is 12.3. The highest BCUT2D eigenvalue weighted by Crippen LogP contribution is 2.33. The van der Waals surface area contributed by atoms with Crippen molar-refractivity contribution in [2.75, 3.05) is 0 Å². The second-order valence-electron chi connectivity index (χ2n) is 6.40. The van der Waals surface area contributed by atoms with Gasteiger partial charge in [0.2, 0.25) is 5.91 Å². The Kier molecular flexibility index (Phi) is 4.00. The molecule has 1 amide bonds. The Labute approximate surface area is 111 Å². The van der Waals surface area contributed by atoms with Gasteiger partial charge in [-0.1, -0.05) is 33.1 Å². The summed E-state index contributed by atoms with van der Waals surface area (Å²) in [4.78, 5) is 14.8. The van der Waals surface area contributed by atoms with E-state index in [-0.39, 0.29) is 11.7 Å². The first-order valence-corrected chi connectivity index (χ1v) is 7.60. The van der Waals surface area contributed by atoms with Crippen LogP contribution in [0.15, 0.2) is 0 Å². The summed E-state index contributed by atoms with van der Waals surface area (Å²) in [6.07, 6.45) is 7.43. The summed E-state index contributed by atoms with van der Waals surface area (Å²) in [5, 5.41) is 3.49. The summed E-state index contributed by atoms with van der Waals surface area (Å²) < 4.78 is 0. The number of carbonyl (C=O) groups is 1. The highest BCUT2D eigenvalue weighted by atomic mass is 16.2. The average molecular weight is 252 g/mol. The van der Waals surface area contributed by atoms with Crippen molar-refractivity contribution in [3.05, 3.63) is 0 Å². The molecule has 0 aromatic rings. The molecule has 2 fully saturated rings. The summed E-state index contributed by atoms with van der Waals surface area (Å²) in [7, 11) is 0. The summed E-state index contributed by atoms with van der Waals surface area (Å²) in [6, 6.07) is 0.441. The number of hydrogen-bond donors (Lipinski definition) is 1. The Morgan fingerprint density at radius 2 is 1.94 bits per heavy atom. The Bertz CT molecular complexity index is 318. The lowest BCUT2D eigenvalue weighted by molar-refractivity contribution is -0.136. The van der Waals surface area contributed by atoms with E-state index >= 15 is 0 Å². The molecule has 1 aliphatic heterocycles. The largest absolute Gasteiger partial charge is 0.323 e. The molecule has 1 N–H and O–H groups in total. The fourth-order valence-electron chi connectivity index (χ4n) is 3.63. The predicted octanol–water partition coefficient (Wildman–Crippen LogP) is 2.90. The molecule has 18 heavy (non-hydrogen) atoms. The summed E-state index contributed by atoms with van der Waals surface area (Å²) >= 11 is 0. The van der Waals surface area contributed by atoms with Crippen LogP contribution in [0.5, 0.6) is 0 Å². The van der Waals surface area contributed by atoms with Crippen LogP contribution in [-0.4, -0.2) is 28.6 Å². The van der Waals surface area contributed by atoms with Crippen molar-refractivity contribution in [2.45, 2.75) is 84.0 Å². The molecule has 2 rings (SSSR count). The molecule has 3 heteroatoms. The number of amides is 1. The van der Waals surface area contributed by atoms with Crippen LogP contribution in [-0.2, 0) is 4.79 Å². The van der Waals surface area contributed by atoms with E-state index in [9.17, 15) is 4.79 Å². The van der Waals surface area contributed by atoms with Gasteiger partial charge in [-0.15, -0.1) is 0 Å². The molecule has 3 nitrogen and oxygen atoms in total. The van der Waals surface area contributed by atoms with Crippen molar-refractivity contribution < 1.29 is 4.79 Å². The Balaban J connectivity index is 2.19. The highest BCUT2D eigenvalue weighted by Gasteiger charge is 2.48. The smallest absolute Gasteiger partial charge is 0.244 e. The van der Waals surface area contributed by atoms with Crippen molar-refractivity contribution in [3.8, 4) is 0 Å². The Morgan fingerprint density at radius 1 is 1.28 bits per heavy atom. The van der Waals surface area contributed by atoms with Gasteiger partial charge in [0.1, 0.15) is 0 Å². The van der Waals surface area contributed by atoms with E-state index in [1.807, 2.05) is 6.92 Å². The standard InChI is InChI=1S/C15H28N2O/c1-5-15(4)14(18)17(12(3)16-15)13-10-8-6-7-9-11(13)2/h11-13,16H,5-10H2,1-4H3. The van der Waals surface area contributed by atoms with Crippen LogP contribution in [0, 0.1) is 5.92 Å². The van der Waals surface area contributed by atoms with Crippen molar-refractivity contribution >= 4 is 5.91 Å². The molecule has 0 aromatic heterocycles. The maximum Gasteiger partial charge on any atom is 0.244 e. The summed E-state index contributed by atoms with van der Waals surface area (Å²) in [5.74, 6) is 0.955. The van der Waals surface area contributed by atoms with Crippen LogP contribution in [0.4, 0.5) is 0 Å². The first kappa shape index (κ1) is 13.9. The zero-order chi connectivity index (χ0) is 13.3. The minimum atomic E-state index is -0.342. The fraction of sp³-hybridized carbons (Fsp3) is 0.933. The molecule has 4 atom stereocenters. The molecular weight excluding hydrogens is 224 g/mol. The van der Waals surface area contributed by atoms with E-state index < -0.39 is 0 Å². The van der Waals surface area contributed by atoms with Crippen molar-refractivity contribution in [2.24, 2.45) is 5.92 Å². The number of nitrogens with zero attached hydrogens (tertiary/aromatic N) is 1. The molecule has 2 aliphatic rings. The molecule has 1 aliphatic carbocycles. The van der Waals surface area contributed by atoms with Gasteiger partial charge in [0.25, 0.3) is 0 Å². The summed E-state index contributed by atoms with van der Waals surface area (Å²) in [6.45, 7) is 8.60. The minimum Gasteiger partial charge on any atom is -0.323 e. The van der Waals surface area contributed by atoms with Gasteiger partial charge in [0.05, 0.1) is 11.7 Å². The quantitative estimate of drug-likeness (QED) is 0.766. The van der Waals surface area contributed by atoms with Gasteiger partial charge in [0.15, 0.2) is 0 Å².